The Hall–Kier alpha value is -1.61. The van der Waals surface area contributed by atoms with Gasteiger partial charge in [-0.1, -0.05) is 46.3 Å². The van der Waals surface area contributed by atoms with Gasteiger partial charge in [-0.15, -0.1) is 0 Å². The Bertz CT molecular complexity index is 564. The molecule has 0 fully saturated rings. The van der Waals surface area contributed by atoms with Crippen LogP contribution >= 0.6 is 15.9 Å². The van der Waals surface area contributed by atoms with Crippen LogP contribution in [0.3, 0.4) is 0 Å². The van der Waals surface area contributed by atoms with Crippen molar-refractivity contribution in [1.29, 1.82) is 0 Å². The largest absolute Gasteiger partial charge is 0.488 e. The standard InChI is InChI=1S/C15H13BrO2/c1-11(17)13-7-3-5-9-15(13)18-10-12-6-2-4-8-14(12)16/h2-9H,10H2,1H3. The number of carbonyl (C=O) groups excluding carboxylic acids is 1. The highest BCUT2D eigenvalue weighted by Gasteiger charge is 2.08. The van der Waals surface area contributed by atoms with E-state index in [4.69, 9.17) is 4.74 Å². The van der Waals surface area contributed by atoms with Crippen molar-refractivity contribution in [3.05, 3.63) is 64.1 Å². The number of ketones is 1. The lowest BCUT2D eigenvalue weighted by Crippen LogP contribution is -2.01. The molecule has 3 heteroatoms. The van der Waals surface area contributed by atoms with Crippen molar-refractivity contribution in [2.24, 2.45) is 0 Å². The fourth-order valence-electron chi connectivity index (χ4n) is 1.65. The summed E-state index contributed by atoms with van der Waals surface area (Å²) in [5.41, 5.74) is 1.67. The number of halogens is 1. The van der Waals surface area contributed by atoms with Crippen molar-refractivity contribution in [2.45, 2.75) is 13.5 Å². The molecule has 0 unspecified atom stereocenters. The summed E-state index contributed by atoms with van der Waals surface area (Å²) >= 11 is 3.47. The first-order chi connectivity index (χ1) is 8.68. The fourth-order valence-corrected chi connectivity index (χ4v) is 2.05. The summed E-state index contributed by atoms with van der Waals surface area (Å²) in [4.78, 5) is 11.5. The van der Waals surface area contributed by atoms with Crippen LogP contribution in [0.4, 0.5) is 0 Å². The van der Waals surface area contributed by atoms with Gasteiger partial charge in [0.15, 0.2) is 5.78 Å². The third-order valence-electron chi connectivity index (χ3n) is 2.61. The van der Waals surface area contributed by atoms with Crippen molar-refractivity contribution in [3.63, 3.8) is 0 Å². The third kappa shape index (κ3) is 2.99. The van der Waals surface area contributed by atoms with Crippen LogP contribution in [0.1, 0.15) is 22.8 Å². The van der Waals surface area contributed by atoms with Crippen LogP contribution in [0.5, 0.6) is 5.75 Å². The summed E-state index contributed by atoms with van der Waals surface area (Å²) in [5, 5.41) is 0. The lowest BCUT2D eigenvalue weighted by atomic mass is 10.1. The molecule has 2 aromatic rings. The van der Waals surface area contributed by atoms with E-state index in [1.165, 1.54) is 0 Å². The van der Waals surface area contributed by atoms with E-state index in [1.807, 2.05) is 42.5 Å². The molecule has 0 N–H and O–H groups in total. The third-order valence-corrected chi connectivity index (χ3v) is 3.38. The quantitative estimate of drug-likeness (QED) is 0.790. The molecular weight excluding hydrogens is 292 g/mol. The highest BCUT2D eigenvalue weighted by Crippen LogP contribution is 2.22. The van der Waals surface area contributed by atoms with Gasteiger partial charge in [-0.2, -0.15) is 0 Å². The lowest BCUT2D eigenvalue weighted by molar-refractivity contribution is 0.101. The number of hydrogen-bond acceptors (Lipinski definition) is 2. The Morgan fingerprint density at radius 2 is 1.78 bits per heavy atom. The predicted octanol–water partition coefficient (Wildman–Crippen LogP) is 4.23. The molecule has 0 heterocycles. The Balaban J connectivity index is 2.16. The van der Waals surface area contributed by atoms with Gasteiger partial charge in [-0.25, -0.2) is 0 Å². The van der Waals surface area contributed by atoms with Crippen molar-refractivity contribution in [1.82, 2.24) is 0 Å². The van der Waals surface area contributed by atoms with Gasteiger partial charge in [0, 0.05) is 10.0 Å². The maximum Gasteiger partial charge on any atom is 0.163 e. The Labute approximate surface area is 115 Å². The average molecular weight is 305 g/mol. The van der Waals surface area contributed by atoms with Gasteiger partial charge in [-0.05, 0) is 25.1 Å². The van der Waals surface area contributed by atoms with Gasteiger partial charge in [0.2, 0.25) is 0 Å². The molecule has 0 aliphatic rings. The zero-order chi connectivity index (χ0) is 13.0. The van der Waals surface area contributed by atoms with Crippen LogP contribution in [0.2, 0.25) is 0 Å². The molecule has 18 heavy (non-hydrogen) atoms. The van der Waals surface area contributed by atoms with Crippen LogP contribution in [-0.4, -0.2) is 5.78 Å². The minimum atomic E-state index is 0.0118. The van der Waals surface area contributed by atoms with E-state index < -0.39 is 0 Å². The van der Waals surface area contributed by atoms with Crippen LogP contribution in [-0.2, 0) is 6.61 Å². The van der Waals surface area contributed by atoms with Crippen molar-refractivity contribution in [3.8, 4) is 5.75 Å². The number of hydrogen-bond donors (Lipinski definition) is 0. The zero-order valence-electron chi connectivity index (χ0n) is 10.0. The molecular formula is C15H13BrO2. The van der Waals surface area contributed by atoms with Crippen LogP contribution in [0.25, 0.3) is 0 Å². The molecule has 92 valence electrons. The molecule has 2 aromatic carbocycles. The topological polar surface area (TPSA) is 26.3 Å². The Kier molecular flexibility index (Phi) is 4.15. The molecule has 0 atom stereocenters. The Morgan fingerprint density at radius 1 is 1.11 bits per heavy atom. The smallest absolute Gasteiger partial charge is 0.163 e. The van der Waals surface area contributed by atoms with Gasteiger partial charge < -0.3 is 4.74 Å². The van der Waals surface area contributed by atoms with Gasteiger partial charge in [-0.3, -0.25) is 4.79 Å². The van der Waals surface area contributed by atoms with E-state index in [2.05, 4.69) is 15.9 Å². The number of ether oxygens (including phenoxy) is 1. The van der Waals surface area contributed by atoms with Gasteiger partial charge in [0.05, 0.1) is 5.56 Å². The minimum Gasteiger partial charge on any atom is -0.488 e. The van der Waals surface area contributed by atoms with E-state index in [0.29, 0.717) is 17.9 Å². The maximum atomic E-state index is 11.5. The normalized spacial score (nSPS) is 10.1. The summed E-state index contributed by atoms with van der Waals surface area (Å²) in [7, 11) is 0. The summed E-state index contributed by atoms with van der Waals surface area (Å²) < 4.78 is 6.72. The number of benzene rings is 2. The second-order valence-electron chi connectivity index (χ2n) is 3.93. The van der Waals surface area contributed by atoms with E-state index in [0.717, 1.165) is 10.0 Å². The second-order valence-corrected chi connectivity index (χ2v) is 4.79. The molecule has 0 aliphatic carbocycles. The number of Topliss-reactive ketones (excluding diaryl/α,β-unsaturated/α-hetero) is 1. The number of rotatable bonds is 4. The molecule has 0 aromatic heterocycles. The van der Waals surface area contributed by atoms with Crippen LogP contribution in [0.15, 0.2) is 53.0 Å². The van der Waals surface area contributed by atoms with E-state index in [1.54, 1.807) is 13.0 Å². The van der Waals surface area contributed by atoms with E-state index in [9.17, 15) is 4.79 Å². The highest BCUT2D eigenvalue weighted by molar-refractivity contribution is 9.10. The van der Waals surface area contributed by atoms with Crippen LogP contribution in [0, 0.1) is 0 Å². The molecule has 0 radical (unpaired) electrons. The predicted molar refractivity (Wildman–Crippen MR) is 74.9 cm³/mol. The summed E-state index contributed by atoms with van der Waals surface area (Å²) in [6.45, 7) is 1.98. The molecule has 0 bridgehead atoms. The van der Waals surface area contributed by atoms with Crippen molar-refractivity contribution < 1.29 is 9.53 Å². The molecule has 0 saturated carbocycles. The molecule has 0 amide bonds. The maximum absolute atomic E-state index is 11.5. The van der Waals surface area contributed by atoms with Gasteiger partial charge in [0.25, 0.3) is 0 Å². The summed E-state index contributed by atoms with van der Waals surface area (Å²) in [6, 6.07) is 15.2. The molecule has 0 aliphatic heterocycles. The van der Waals surface area contributed by atoms with E-state index in [-0.39, 0.29) is 5.78 Å². The number of para-hydroxylation sites is 1. The number of carbonyl (C=O) groups is 1. The first kappa shape index (κ1) is 12.8. The van der Waals surface area contributed by atoms with Crippen molar-refractivity contribution >= 4 is 21.7 Å². The zero-order valence-corrected chi connectivity index (χ0v) is 11.6. The second kappa shape index (κ2) is 5.83. The van der Waals surface area contributed by atoms with Crippen molar-refractivity contribution in [2.75, 3.05) is 0 Å². The average Bonchev–Trinajstić information content (AvgIpc) is 2.38. The molecule has 2 rings (SSSR count). The van der Waals surface area contributed by atoms with Gasteiger partial charge in [0.1, 0.15) is 12.4 Å². The fraction of sp³-hybridized carbons (Fsp3) is 0.133. The molecule has 0 spiro atoms. The van der Waals surface area contributed by atoms with Crippen LogP contribution < -0.4 is 4.74 Å². The van der Waals surface area contributed by atoms with E-state index >= 15 is 0 Å². The summed E-state index contributed by atoms with van der Waals surface area (Å²) in [5.74, 6) is 0.637. The summed E-state index contributed by atoms with van der Waals surface area (Å²) in [6.07, 6.45) is 0. The Morgan fingerprint density at radius 3 is 2.50 bits per heavy atom. The molecule has 2 nitrogen and oxygen atoms in total. The molecule has 0 saturated heterocycles. The monoisotopic (exact) mass is 304 g/mol. The first-order valence-corrected chi connectivity index (χ1v) is 6.44. The minimum absolute atomic E-state index is 0.0118. The SMILES string of the molecule is CC(=O)c1ccccc1OCc1ccccc1Br. The highest BCUT2D eigenvalue weighted by atomic mass is 79.9. The lowest BCUT2D eigenvalue weighted by Gasteiger charge is -2.10. The first-order valence-electron chi connectivity index (χ1n) is 5.64. The van der Waals surface area contributed by atoms with Gasteiger partial charge >= 0.3 is 0 Å².